The molecular weight excluding hydrogens is 358 g/mol. The van der Waals surface area contributed by atoms with Gasteiger partial charge in [0.25, 0.3) is 5.91 Å². The van der Waals surface area contributed by atoms with Gasteiger partial charge >= 0.3 is 5.97 Å². The fourth-order valence-corrected chi connectivity index (χ4v) is 2.41. The molecule has 0 bridgehead atoms. The van der Waals surface area contributed by atoms with Crippen molar-refractivity contribution in [1.29, 1.82) is 0 Å². The maximum Gasteiger partial charge on any atom is 0.337 e. The van der Waals surface area contributed by atoms with Crippen LogP contribution in [0.4, 0.5) is 5.69 Å². The molecule has 0 fully saturated rings. The third kappa shape index (κ3) is 5.35. The largest absolute Gasteiger partial charge is 0.484 e. The number of ether oxygens (including phenoxy) is 3. The quantitative estimate of drug-likeness (QED) is 0.622. The molecule has 3 rings (SSSR count). The Morgan fingerprint density at radius 2 is 1.50 bits per heavy atom. The number of amides is 1. The van der Waals surface area contributed by atoms with Crippen molar-refractivity contribution < 1.29 is 23.8 Å². The Morgan fingerprint density at radius 3 is 2.21 bits per heavy atom. The minimum absolute atomic E-state index is 0.188. The van der Waals surface area contributed by atoms with E-state index in [-0.39, 0.29) is 12.5 Å². The molecule has 3 aromatic rings. The summed E-state index contributed by atoms with van der Waals surface area (Å²) in [4.78, 5) is 23.6. The molecule has 0 unspecified atom stereocenters. The van der Waals surface area contributed by atoms with E-state index in [9.17, 15) is 9.59 Å². The summed E-state index contributed by atoms with van der Waals surface area (Å²) in [5.41, 5.74) is 0.978. The highest BCUT2D eigenvalue weighted by atomic mass is 16.5. The van der Waals surface area contributed by atoms with Crippen LogP contribution in [-0.2, 0) is 9.53 Å². The van der Waals surface area contributed by atoms with E-state index in [1.807, 2.05) is 30.3 Å². The molecule has 1 amide bonds. The number of esters is 1. The molecule has 0 saturated heterocycles. The van der Waals surface area contributed by atoms with Crippen LogP contribution in [0.15, 0.2) is 78.9 Å². The third-order valence-corrected chi connectivity index (χ3v) is 3.74. The number of benzene rings is 3. The predicted octanol–water partition coefficient (Wildman–Crippen LogP) is 4.28. The zero-order chi connectivity index (χ0) is 19.8. The second-order valence-corrected chi connectivity index (χ2v) is 5.80. The van der Waals surface area contributed by atoms with Gasteiger partial charge in [-0.2, -0.15) is 0 Å². The third-order valence-electron chi connectivity index (χ3n) is 3.74. The molecule has 3 aromatic carbocycles. The number of hydrogen-bond acceptors (Lipinski definition) is 5. The van der Waals surface area contributed by atoms with Gasteiger partial charge in [-0.05, 0) is 54.6 Å². The van der Waals surface area contributed by atoms with Gasteiger partial charge in [0.15, 0.2) is 6.61 Å². The molecule has 0 aliphatic heterocycles. The van der Waals surface area contributed by atoms with Crippen LogP contribution in [0.2, 0.25) is 0 Å². The standard InChI is InChI=1S/C22H19NO5/c1-26-22(25)16-6-5-9-20(14-16)27-15-21(24)23-17-10-12-19(13-11-17)28-18-7-3-2-4-8-18/h2-14H,15H2,1H3,(H,23,24). The fourth-order valence-electron chi connectivity index (χ4n) is 2.41. The minimum atomic E-state index is -0.465. The lowest BCUT2D eigenvalue weighted by Crippen LogP contribution is -2.20. The number of nitrogens with one attached hydrogen (secondary N) is 1. The molecule has 142 valence electrons. The van der Waals surface area contributed by atoms with Crippen LogP contribution in [0.25, 0.3) is 0 Å². The van der Waals surface area contributed by atoms with Gasteiger partial charge in [0.05, 0.1) is 12.7 Å². The van der Waals surface area contributed by atoms with Crippen molar-refractivity contribution in [3.05, 3.63) is 84.4 Å². The van der Waals surface area contributed by atoms with Crippen LogP contribution in [-0.4, -0.2) is 25.6 Å². The lowest BCUT2D eigenvalue weighted by atomic mass is 10.2. The minimum Gasteiger partial charge on any atom is -0.484 e. The highest BCUT2D eigenvalue weighted by Crippen LogP contribution is 2.22. The van der Waals surface area contributed by atoms with Crippen molar-refractivity contribution in [2.45, 2.75) is 0 Å². The Morgan fingerprint density at radius 1 is 0.821 bits per heavy atom. The Hall–Kier alpha value is -3.80. The summed E-state index contributed by atoms with van der Waals surface area (Å²) in [7, 11) is 1.31. The number of rotatable bonds is 7. The molecule has 0 heterocycles. The normalized spacial score (nSPS) is 10.0. The average Bonchev–Trinajstić information content (AvgIpc) is 2.74. The van der Waals surface area contributed by atoms with E-state index in [4.69, 9.17) is 9.47 Å². The summed E-state index contributed by atoms with van der Waals surface area (Å²) in [6.45, 7) is -0.188. The van der Waals surface area contributed by atoms with Crippen LogP contribution in [0.1, 0.15) is 10.4 Å². The summed E-state index contributed by atoms with van der Waals surface area (Å²) in [6, 6.07) is 22.9. The van der Waals surface area contributed by atoms with Crippen molar-refractivity contribution in [3.63, 3.8) is 0 Å². The molecule has 0 aliphatic carbocycles. The lowest BCUT2D eigenvalue weighted by Gasteiger charge is -2.09. The second-order valence-electron chi connectivity index (χ2n) is 5.80. The number of hydrogen-bond donors (Lipinski definition) is 1. The van der Waals surface area contributed by atoms with E-state index in [1.54, 1.807) is 42.5 Å². The van der Waals surface area contributed by atoms with Gasteiger partial charge in [0.2, 0.25) is 0 Å². The molecule has 0 atom stereocenters. The van der Waals surface area contributed by atoms with Gasteiger partial charge in [-0.3, -0.25) is 4.79 Å². The van der Waals surface area contributed by atoms with Crippen molar-refractivity contribution in [2.75, 3.05) is 19.0 Å². The molecule has 0 aliphatic rings. The molecule has 1 N–H and O–H groups in total. The zero-order valence-electron chi connectivity index (χ0n) is 15.3. The molecule has 0 radical (unpaired) electrons. The van der Waals surface area contributed by atoms with Gasteiger partial charge in [0.1, 0.15) is 17.2 Å². The first-order chi connectivity index (χ1) is 13.6. The highest BCUT2D eigenvalue weighted by Gasteiger charge is 2.08. The molecule has 0 spiro atoms. The summed E-state index contributed by atoms with van der Waals surface area (Å²) in [5, 5.41) is 2.74. The molecule has 6 heteroatoms. The van der Waals surface area contributed by atoms with Crippen LogP contribution in [0.5, 0.6) is 17.2 Å². The van der Waals surface area contributed by atoms with Crippen molar-refractivity contribution in [2.24, 2.45) is 0 Å². The molecular formula is C22H19NO5. The maximum absolute atomic E-state index is 12.1. The maximum atomic E-state index is 12.1. The van der Waals surface area contributed by atoms with E-state index in [0.29, 0.717) is 22.7 Å². The Balaban J connectivity index is 1.51. The summed E-state index contributed by atoms with van der Waals surface area (Å²) >= 11 is 0. The van der Waals surface area contributed by atoms with Gasteiger partial charge in [-0.15, -0.1) is 0 Å². The number of para-hydroxylation sites is 1. The Bertz CT molecular complexity index is 939. The van der Waals surface area contributed by atoms with Crippen molar-refractivity contribution in [1.82, 2.24) is 0 Å². The van der Waals surface area contributed by atoms with Crippen molar-refractivity contribution in [3.8, 4) is 17.2 Å². The zero-order valence-corrected chi connectivity index (χ0v) is 15.3. The SMILES string of the molecule is COC(=O)c1cccc(OCC(=O)Nc2ccc(Oc3ccccc3)cc2)c1. The Kier molecular flexibility index (Phi) is 6.25. The van der Waals surface area contributed by atoms with E-state index in [1.165, 1.54) is 13.2 Å². The summed E-state index contributed by atoms with van der Waals surface area (Å²) in [6.07, 6.45) is 0. The predicted molar refractivity (Wildman–Crippen MR) is 105 cm³/mol. The first-order valence-electron chi connectivity index (χ1n) is 8.58. The summed E-state index contributed by atoms with van der Waals surface area (Å²) in [5.74, 6) is 1.03. The Labute approximate surface area is 162 Å². The van der Waals surface area contributed by atoms with E-state index >= 15 is 0 Å². The van der Waals surface area contributed by atoms with Crippen molar-refractivity contribution >= 4 is 17.6 Å². The van der Waals surface area contributed by atoms with Gasteiger partial charge in [-0.25, -0.2) is 4.79 Å². The average molecular weight is 377 g/mol. The number of carbonyl (C=O) groups excluding carboxylic acids is 2. The van der Waals surface area contributed by atoms with E-state index in [2.05, 4.69) is 10.1 Å². The van der Waals surface area contributed by atoms with Crippen LogP contribution in [0, 0.1) is 0 Å². The number of carbonyl (C=O) groups is 2. The van der Waals surface area contributed by atoms with Crippen LogP contribution in [0.3, 0.4) is 0 Å². The van der Waals surface area contributed by atoms with Gasteiger partial charge < -0.3 is 19.5 Å². The first-order valence-corrected chi connectivity index (χ1v) is 8.58. The van der Waals surface area contributed by atoms with E-state index < -0.39 is 5.97 Å². The number of methoxy groups -OCH3 is 1. The van der Waals surface area contributed by atoms with E-state index in [0.717, 1.165) is 5.75 Å². The highest BCUT2D eigenvalue weighted by molar-refractivity contribution is 5.92. The lowest BCUT2D eigenvalue weighted by molar-refractivity contribution is -0.118. The monoisotopic (exact) mass is 377 g/mol. The van der Waals surface area contributed by atoms with Crippen LogP contribution < -0.4 is 14.8 Å². The smallest absolute Gasteiger partial charge is 0.337 e. The van der Waals surface area contributed by atoms with Gasteiger partial charge in [0, 0.05) is 5.69 Å². The molecule has 0 aromatic heterocycles. The second kappa shape index (κ2) is 9.23. The molecule has 6 nitrogen and oxygen atoms in total. The first kappa shape index (κ1) is 19.0. The fraction of sp³-hybridized carbons (Fsp3) is 0.0909. The topological polar surface area (TPSA) is 73.9 Å². The number of anilines is 1. The van der Waals surface area contributed by atoms with Crippen LogP contribution >= 0.6 is 0 Å². The molecule has 28 heavy (non-hydrogen) atoms. The molecule has 0 saturated carbocycles. The summed E-state index contributed by atoms with van der Waals surface area (Å²) < 4.78 is 15.8. The van der Waals surface area contributed by atoms with Gasteiger partial charge in [-0.1, -0.05) is 24.3 Å².